The van der Waals surface area contributed by atoms with E-state index in [1.807, 2.05) is 19.9 Å². The minimum Gasteiger partial charge on any atom is -0.358 e. The minimum atomic E-state index is -0.818. The number of hydrogen-bond acceptors (Lipinski definition) is 3. The van der Waals surface area contributed by atoms with Crippen molar-refractivity contribution in [3.05, 3.63) is 65.7 Å². The lowest BCUT2D eigenvalue weighted by Crippen LogP contribution is -2.53. The highest BCUT2D eigenvalue weighted by atomic mass is 16.2. The summed E-state index contributed by atoms with van der Waals surface area (Å²) in [6, 6.07) is 14.7. The normalized spacial score (nSPS) is 11.3. The van der Waals surface area contributed by atoms with Gasteiger partial charge in [-0.05, 0) is 36.2 Å². The van der Waals surface area contributed by atoms with Crippen molar-refractivity contribution in [3.8, 4) is 12.3 Å². The van der Waals surface area contributed by atoms with E-state index in [1.165, 1.54) is 11.9 Å². The van der Waals surface area contributed by atoms with Crippen LogP contribution >= 0.6 is 0 Å². The Bertz CT molecular complexity index is 916. The summed E-state index contributed by atoms with van der Waals surface area (Å²) in [6.07, 6.45) is 5.47. The summed E-state index contributed by atoms with van der Waals surface area (Å²) in [5.41, 5.74) is 1.54. The molecule has 0 aliphatic heterocycles. The summed E-state index contributed by atoms with van der Waals surface area (Å²) in [4.78, 5) is 39.4. The van der Waals surface area contributed by atoms with Crippen molar-refractivity contribution in [1.82, 2.24) is 10.6 Å². The molecule has 0 radical (unpaired) electrons. The molecule has 0 heterocycles. The van der Waals surface area contributed by atoms with Gasteiger partial charge < -0.3 is 15.5 Å². The van der Waals surface area contributed by atoms with E-state index in [4.69, 9.17) is 6.42 Å². The Balaban J connectivity index is 2.35. The molecule has 0 aliphatic carbocycles. The fraction of sp³-hybridized carbons (Fsp3) is 0.261. The summed E-state index contributed by atoms with van der Waals surface area (Å²) in [5.74, 6) is 1.26. The van der Waals surface area contributed by atoms with E-state index in [9.17, 15) is 14.4 Å². The first kappa shape index (κ1) is 21.7. The second-order valence-corrected chi connectivity index (χ2v) is 6.85. The van der Waals surface area contributed by atoms with E-state index >= 15 is 0 Å². The predicted molar refractivity (Wildman–Crippen MR) is 113 cm³/mol. The molecule has 0 bridgehead atoms. The number of hydrogen-bond donors (Lipinski definition) is 2. The van der Waals surface area contributed by atoms with Gasteiger partial charge in [-0.25, -0.2) is 0 Å². The van der Waals surface area contributed by atoms with E-state index in [2.05, 4.69) is 16.6 Å². The van der Waals surface area contributed by atoms with Crippen molar-refractivity contribution in [2.24, 2.45) is 5.92 Å². The number of amides is 3. The third-order valence-electron chi connectivity index (χ3n) is 4.43. The Morgan fingerprint density at radius 3 is 2.34 bits per heavy atom. The number of rotatable bonds is 7. The molecule has 2 rings (SSSR count). The summed E-state index contributed by atoms with van der Waals surface area (Å²) < 4.78 is 0. The maximum atomic E-state index is 13.4. The smallest absolute Gasteiger partial charge is 0.251 e. The zero-order valence-corrected chi connectivity index (χ0v) is 16.8. The Hall–Kier alpha value is -3.59. The van der Waals surface area contributed by atoms with E-state index in [-0.39, 0.29) is 30.2 Å². The molecular formula is C23H25N3O3. The Labute approximate surface area is 171 Å². The molecule has 6 heteroatoms. The summed E-state index contributed by atoms with van der Waals surface area (Å²) in [5, 5.41) is 5.32. The molecule has 1 unspecified atom stereocenters. The Kier molecular flexibility index (Phi) is 7.55. The molecule has 0 aromatic heterocycles. The van der Waals surface area contributed by atoms with Gasteiger partial charge in [0.1, 0.15) is 12.6 Å². The van der Waals surface area contributed by atoms with Crippen LogP contribution < -0.4 is 15.5 Å². The predicted octanol–water partition coefficient (Wildman–Crippen LogP) is 2.20. The molecule has 0 aliphatic rings. The largest absolute Gasteiger partial charge is 0.358 e. The van der Waals surface area contributed by atoms with E-state index < -0.39 is 6.04 Å². The summed E-state index contributed by atoms with van der Waals surface area (Å²) in [6.45, 7) is 3.49. The molecule has 0 saturated heterocycles. The highest BCUT2D eigenvalue weighted by molar-refractivity contribution is 6.05. The lowest BCUT2D eigenvalue weighted by atomic mass is 10.0. The lowest BCUT2D eigenvalue weighted by Gasteiger charge is -2.29. The standard InChI is InChI=1S/C23H25N3O3/c1-5-17-10-9-13-19(14-17)26(15-20(27)24-4)23(29)21(16(2)3)25-22(28)18-11-7-6-8-12-18/h1,6-14,16,21H,15H2,2-4H3,(H,24,27)(H,25,28). The van der Waals surface area contributed by atoms with Crippen LogP contribution in [-0.2, 0) is 9.59 Å². The van der Waals surface area contributed by atoms with Crippen LogP contribution in [0, 0.1) is 18.3 Å². The van der Waals surface area contributed by atoms with Crippen molar-refractivity contribution in [2.45, 2.75) is 19.9 Å². The fourth-order valence-electron chi connectivity index (χ4n) is 2.78. The molecule has 150 valence electrons. The molecule has 1 atom stereocenters. The molecule has 2 N–H and O–H groups in total. The molecule has 0 saturated carbocycles. The summed E-state index contributed by atoms with van der Waals surface area (Å²) in [7, 11) is 1.50. The van der Waals surface area contributed by atoms with Crippen LogP contribution in [-0.4, -0.2) is 37.4 Å². The number of terminal acetylenes is 1. The molecule has 0 spiro atoms. The zero-order chi connectivity index (χ0) is 21.4. The van der Waals surface area contributed by atoms with E-state index in [0.717, 1.165) is 0 Å². The number of carbonyl (C=O) groups excluding carboxylic acids is 3. The highest BCUT2D eigenvalue weighted by Crippen LogP contribution is 2.19. The third-order valence-corrected chi connectivity index (χ3v) is 4.43. The molecule has 2 aromatic carbocycles. The molecule has 29 heavy (non-hydrogen) atoms. The second-order valence-electron chi connectivity index (χ2n) is 6.85. The van der Waals surface area contributed by atoms with Crippen LogP contribution in [0.1, 0.15) is 29.8 Å². The van der Waals surface area contributed by atoms with Gasteiger partial charge >= 0.3 is 0 Å². The highest BCUT2D eigenvalue weighted by Gasteiger charge is 2.31. The Morgan fingerprint density at radius 2 is 1.76 bits per heavy atom. The van der Waals surface area contributed by atoms with Gasteiger partial charge in [-0.1, -0.05) is 44.0 Å². The van der Waals surface area contributed by atoms with Gasteiger partial charge in [0.2, 0.25) is 11.8 Å². The average Bonchev–Trinajstić information content (AvgIpc) is 2.75. The van der Waals surface area contributed by atoms with Crippen LogP contribution in [0.5, 0.6) is 0 Å². The number of nitrogens with zero attached hydrogens (tertiary/aromatic N) is 1. The van der Waals surface area contributed by atoms with Crippen molar-refractivity contribution < 1.29 is 14.4 Å². The number of carbonyl (C=O) groups is 3. The summed E-state index contributed by atoms with van der Waals surface area (Å²) >= 11 is 0. The van der Waals surface area contributed by atoms with Crippen LogP contribution in [0.4, 0.5) is 5.69 Å². The van der Waals surface area contributed by atoms with Crippen LogP contribution in [0.2, 0.25) is 0 Å². The maximum absolute atomic E-state index is 13.4. The monoisotopic (exact) mass is 391 g/mol. The van der Waals surface area contributed by atoms with E-state index in [1.54, 1.807) is 48.5 Å². The van der Waals surface area contributed by atoms with Gasteiger partial charge in [-0.2, -0.15) is 0 Å². The first-order valence-corrected chi connectivity index (χ1v) is 9.32. The van der Waals surface area contributed by atoms with Crippen molar-refractivity contribution in [1.29, 1.82) is 0 Å². The van der Waals surface area contributed by atoms with Gasteiger partial charge in [0, 0.05) is 23.9 Å². The third kappa shape index (κ3) is 5.69. The molecule has 0 fully saturated rings. The average molecular weight is 391 g/mol. The van der Waals surface area contributed by atoms with Gasteiger partial charge in [0.15, 0.2) is 0 Å². The van der Waals surface area contributed by atoms with Crippen LogP contribution in [0.25, 0.3) is 0 Å². The minimum absolute atomic E-state index is 0.187. The van der Waals surface area contributed by atoms with Gasteiger partial charge in [0.05, 0.1) is 0 Å². The van der Waals surface area contributed by atoms with Crippen molar-refractivity contribution >= 4 is 23.4 Å². The molecule has 3 amide bonds. The number of anilines is 1. The quantitative estimate of drug-likeness (QED) is 0.711. The molecule has 6 nitrogen and oxygen atoms in total. The number of likely N-dealkylation sites (N-methyl/N-ethyl adjacent to an activating group) is 1. The number of nitrogens with one attached hydrogen (secondary N) is 2. The number of benzene rings is 2. The maximum Gasteiger partial charge on any atom is 0.251 e. The zero-order valence-electron chi connectivity index (χ0n) is 16.8. The molecular weight excluding hydrogens is 366 g/mol. The van der Waals surface area contributed by atoms with Gasteiger partial charge in [-0.3, -0.25) is 14.4 Å². The van der Waals surface area contributed by atoms with Crippen LogP contribution in [0.15, 0.2) is 54.6 Å². The van der Waals surface area contributed by atoms with Gasteiger partial charge in [-0.15, -0.1) is 6.42 Å². The van der Waals surface area contributed by atoms with E-state index in [0.29, 0.717) is 16.8 Å². The first-order chi connectivity index (χ1) is 13.9. The topological polar surface area (TPSA) is 78.5 Å². The first-order valence-electron chi connectivity index (χ1n) is 9.32. The second kappa shape index (κ2) is 10.1. The molecule has 2 aromatic rings. The van der Waals surface area contributed by atoms with Gasteiger partial charge in [0.25, 0.3) is 5.91 Å². The lowest BCUT2D eigenvalue weighted by molar-refractivity contribution is -0.125. The fourth-order valence-corrected chi connectivity index (χ4v) is 2.78. The van der Waals surface area contributed by atoms with Crippen molar-refractivity contribution in [2.75, 3.05) is 18.5 Å². The van der Waals surface area contributed by atoms with Crippen LogP contribution in [0.3, 0.4) is 0 Å². The van der Waals surface area contributed by atoms with Crippen molar-refractivity contribution in [3.63, 3.8) is 0 Å². The SMILES string of the molecule is C#Cc1cccc(N(CC(=O)NC)C(=O)C(NC(=O)c2ccccc2)C(C)C)c1. The Morgan fingerprint density at radius 1 is 1.07 bits per heavy atom.